The molecule has 15 heavy (non-hydrogen) atoms. The molecule has 0 bridgehead atoms. The van der Waals surface area contributed by atoms with Crippen molar-refractivity contribution in [3.8, 4) is 0 Å². The number of allylic oxidation sites excluding steroid dienone is 2. The van der Waals surface area contributed by atoms with Crippen LogP contribution in [-0.2, 0) is 0 Å². The van der Waals surface area contributed by atoms with E-state index in [-0.39, 0.29) is 5.41 Å². The van der Waals surface area contributed by atoms with Crippen LogP contribution in [0.25, 0.3) is 0 Å². The van der Waals surface area contributed by atoms with Crippen molar-refractivity contribution in [2.24, 2.45) is 11.3 Å². The Morgan fingerprint density at radius 2 is 1.80 bits per heavy atom. The highest BCUT2D eigenvalue weighted by atomic mass is 14.8. The van der Waals surface area contributed by atoms with Gasteiger partial charge in [-0.05, 0) is 30.6 Å². The molecule has 0 radical (unpaired) electrons. The second-order valence-corrected chi connectivity index (χ2v) is 4.88. The number of rotatable bonds is 7. The van der Waals surface area contributed by atoms with Crippen molar-refractivity contribution in [3.05, 3.63) is 24.4 Å². The van der Waals surface area contributed by atoms with E-state index in [0.717, 1.165) is 25.0 Å². The summed E-state index contributed by atoms with van der Waals surface area (Å²) in [4.78, 5) is 0. The van der Waals surface area contributed by atoms with E-state index in [9.17, 15) is 0 Å². The van der Waals surface area contributed by atoms with Gasteiger partial charge in [0.2, 0.25) is 0 Å². The maximum atomic E-state index is 4.26. The van der Waals surface area contributed by atoms with E-state index in [0.29, 0.717) is 5.92 Å². The SMILES string of the molecule is C=C(CCC(=C)C(C)(CC)C(C)C)NC. The van der Waals surface area contributed by atoms with Crippen molar-refractivity contribution in [1.82, 2.24) is 5.32 Å². The molecular weight excluding hydrogens is 182 g/mol. The van der Waals surface area contributed by atoms with E-state index >= 15 is 0 Å². The van der Waals surface area contributed by atoms with Crippen molar-refractivity contribution in [1.29, 1.82) is 0 Å². The molecule has 88 valence electrons. The molecule has 0 aromatic carbocycles. The molecule has 0 aliphatic rings. The molecule has 0 spiro atoms. The first-order valence-corrected chi connectivity index (χ1v) is 5.92. The van der Waals surface area contributed by atoms with Gasteiger partial charge in [-0.15, -0.1) is 0 Å². The maximum Gasteiger partial charge on any atom is 0.00342 e. The average molecular weight is 209 g/mol. The molecule has 0 heterocycles. The van der Waals surface area contributed by atoms with Gasteiger partial charge in [-0.2, -0.15) is 0 Å². The fraction of sp³-hybridized carbons (Fsp3) is 0.714. The van der Waals surface area contributed by atoms with Crippen LogP contribution in [0, 0.1) is 11.3 Å². The van der Waals surface area contributed by atoms with Crippen LogP contribution in [0.2, 0.25) is 0 Å². The minimum Gasteiger partial charge on any atom is -0.392 e. The summed E-state index contributed by atoms with van der Waals surface area (Å²) in [6.45, 7) is 17.3. The van der Waals surface area contributed by atoms with Crippen LogP contribution < -0.4 is 5.32 Å². The Morgan fingerprint density at radius 1 is 1.27 bits per heavy atom. The Morgan fingerprint density at radius 3 is 2.13 bits per heavy atom. The largest absolute Gasteiger partial charge is 0.392 e. The molecular formula is C14H27N. The van der Waals surface area contributed by atoms with Gasteiger partial charge in [0.05, 0.1) is 0 Å². The minimum atomic E-state index is 0.272. The number of hydrogen-bond acceptors (Lipinski definition) is 1. The van der Waals surface area contributed by atoms with Crippen LogP contribution in [0.5, 0.6) is 0 Å². The zero-order valence-electron chi connectivity index (χ0n) is 11.1. The quantitative estimate of drug-likeness (QED) is 0.622. The molecule has 1 nitrogen and oxygen atoms in total. The number of nitrogens with one attached hydrogen (secondary N) is 1. The van der Waals surface area contributed by atoms with Crippen LogP contribution >= 0.6 is 0 Å². The highest BCUT2D eigenvalue weighted by Gasteiger charge is 2.28. The predicted octanol–water partition coefficient (Wildman–Crippen LogP) is 4.13. The minimum absolute atomic E-state index is 0.272. The molecule has 0 amide bonds. The summed E-state index contributed by atoms with van der Waals surface area (Å²) in [5, 5.41) is 3.08. The van der Waals surface area contributed by atoms with Gasteiger partial charge in [-0.3, -0.25) is 0 Å². The van der Waals surface area contributed by atoms with Crippen molar-refractivity contribution in [3.63, 3.8) is 0 Å². The molecule has 1 heteroatoms. The summed E-state index contributed by atoms with van der Waals surface area (Å²) in [5.41, 5.74) is 2.73. The first-order chi connectivity index (χ1) is 6.88. The first-order valence-electron chi connectivity index (χ1n) is 5.92. The molecule has 0 aliphatic heterocycles. The molecule has 0 aliphatic carbocycles. The van der Waals surface area contributed by atoms with Gasteiger partial charge in [0.25, 0.3) is 0 Å². The van der Waals surface area contributed by atoms with E-state index in [2.05, 4.69) is 46.2 Å². The molecule has 1 N–H and O–H groups in total. The Labute approximate surface area is 95.7 Å². The molecule has 0 saturated heterocycles. The molecule has 0 aromatic rings. The van der Waals surface area contributed by atoms with E-state index in [4.69, 9.17) is 0 Å². The Kier molecular flexibility index (Phi) is 5.71. The van der Waals surface area contributed by atoms with E-state index in [1.807, 2.05) is 7.05 Å². The third-order valence-corrected chi connectivity index (χ3v) is 3.90. The van der Waals surface area contributed by atoms with Gasteiger partial charge in [0.15, 0.2) is 0 Å². The summed E-state index contributed by atoms with van der Waals surface area (Å²) in [6, 6.07) is 0. The highest BCUT2D eigenvalue weighted by Crippen LogP contribution is 2.39. The summed E-state index contributed by atoms with van der Waals surface area (Å²) in [5.74, 6) is 0.651. The molecule has 0 rings (SSSR count). The van der Waals surface area contributed by atoms with Crippen LogP contribution in [0.15, 0.2) is 24.4 Å². The third kappa shape index (κ3) is 3.73. The van der Waals surface area contributed by atoms with E-state index in [1.54, 1.807) is 0 Å². The molecule has 0 aromatic heterocycles. The van der Waals surface area contributed by atoms with Gasteiger partial charge in [0, 0.05) is 12.7 Å². The van der Waals surface area contributed by atoms with E-state index < -0.39 is 0 Å². The second-order valence-electron chi connectivity index (χ2n) is 4.88. The van der Waals surface area contributed by atoms with Crippen LogP contribution in [0.1, 0.15) is 47.0 Å². The standard InChI is InChI=1S/C14H27N/c1-8-14(6,11(2)3)12(4)9-10-13(5)15-7/h11,15H,4-5,8-10H2,1-3,6-7H3. The molecule has 0 fully saturated rings. The third-order valence-electron chi connectivity index (χ3n) is 3.90. The molecule has 1 unspecified atom stereocenters. The molecule has 1 atom stereocenters. The summed E-state index contributed by atoms with van der Waals surface area (Å²) >= 11 is 0. The highest BCUT2D eigenvalue weighted by molar-refractivity contribution is 5.11. The van der Waals surface area contributed by atoms with Gasteiger partial charge in [-0.1, -0.05) is 46.4 Å². The van der Waals surface area contributed by atoms with Crippen LogP contribution in [0.4, 0.5) is 0 Å². The monoisotopic (exact) mass is 209 g/mol. The smallest absolute Gasteiger partial charge is 0.00342 e. The van der Waals surface area contributed by atoms with Crippen molar-refractivity contribution < 1.29 is 0 Å². The first kappa shape index (κ1) is 14.3. The predicted molar refractivity (Wildman–Crippen MR) is 69.8 cm³/mol. The van der Waals surface area contributed by atoms with Gasteiger partial charge < -0.3 is 5.32 Å². The fourth-order valence-electron chi connectivity index (χ4n) is 1.78. The van der Waals surface area contributed by atoms with Crippen molar-refractivity contribution in [2.75, 3.05) is 7.05 Å². The van der Waals surface area contributed by atoms with Crippen LogP contribution in [0.3, 0.4) is 0 Å². The average Bonchev–Trinajstić information content (AvgIpc) is 2.23. The molecule has 0 saturated carbocycles. The van der Waals surface area contributed by atoms with Gasteiger partial charge in [-0.25, -0.2) is 0 Å². The van der Waals surface area contributed by atoms with Crippen LogP contribution in [-0.4, -0.2) is 7.05 Å². The van der Waals surface area contributed by atoms with E-state index in [1.165, 1.54) is 5.57 Å². The zero-order valence-corrected chi connectivity index (χ0v) is 11.1. The Bertz CT molecular complexity index is 227. The Hall–Kier alpha value is -0.720. The topological polar surface area (TPSA) is 12.0 Å². The second kappa shape index (κ2) is 5.99. The normalized spacial score (nSPS) is 14.8. The van der Waals surface area contributed by atoms with Gasteiger partial charge in [0.1, 0.15) is 0 Å². The number of hydrogen-bond donors (Lipinski definition) is 1. The maximum absolute atomic E-state index is 4.26. The lowest BCUT2D eigenvalue weighted by atomic mass is 9.70. The van der Waals surface area contributed by atoms with Gasteiger partial charge >= 0.3 is 0 Å². The summed E-state index contributed by atoms with van der Waals surface area (Å²) in [7, 11) is 1.92. The lowest BCUT2D eigenvalue weighted by Crippen LogP contribution is -2.25. The zero-order chi connectivity index (χ0) is 12.1. The lowest BCUT2D eigenvalue weighted by molar-refractivity contribution is 0.258. The summed E-state index contributed by atoms with van der Waals surface area (Å²) in [6.07, 6.45) is 3.20. The fourth-order valence-corrected chi connectivity index (χ4v) is 1.78. The van der Waals surface area contributed by atoms with Crippen molar-refractivity contribution in [2.45, 2.75) is 47.0 Å². The lowest BCUT2D eigenvalue weighted by Gasteiger charge is -2.35. The Balaban J connectivity index is 4.35. The van der Waals surface area contributed by atoms with Crippen molar-refractivity contribution >= 4 is 0 Å². The summed E-state index contributed by atoms with van der Waals surface area (Å²) < 4.78 is 0.